The van der Waals surface area contributed by atoms with Crippen molar-refractivity contribution < 1.29 is 27.7 Å². The summed E-state index contributed by atoms with van der Waals surface area (Å²) in [6, 6.07) is 13.0. The molecule has 0 spiro atoms. The second-order valence-electron chi connectivity index (χ2n) is 10.0. The van der Waals surface area contributed by atoms with Crippen LogP contribution in [0.4, 0.5) is 11.4 Å². The molecule has 3 aromatic carbocycles. The van der Waals surface area contributed by atoms with E-state index in [1.54, 1.807) is 32.0 Å². The van der Waals surface area contributed by atoms with Gasteiger partial charge in [-0.1, -0.05) is 35.3 Å². The Hall–Kier alpha value is -3.87. The van der Waals surface area contributed by atoms with Crippen molar-refractivity contribution in [1.82, 2.24) is 10.2 Å². The molecule has 1 atom stereocenters. The molecule has 0 aliphatic heterocycles. The van der Waals surface area contributed by atoms with Gasteiger partial charge in [0, 0.05) is 24.2 Å². The monoisotopic (exact) mass is 650 g/mol. The minimum absolute atomic E-state index is 0.0884. The summed E-state index contributed by atoms with van der Waals surface area (Å²) in [7, 11) is -3.08. The molecule has 43 heavy (non-hydrogen) atoms. The van der Waals surface area contributed by atoms with E-state index < -0.39 is 39.3 Å². The smallest absolute Gasteiger partial charge is 0.273 e. The van der Waals surface area contributed by atoms with E-state index in [0.29, 0.717) is 16.3 Å². The molecule has 0 saturated carbocycles. The van der Waals surface area contributed by atoms with E-state index in [1.807, 2.05) is 0 Å². The average Bonchev–Trinajstić information content (AvgIpc) is 2.95. The van der Waals surface area contributed by atoms with Gasteiger partial charge in [0.2, 0.25) is 11.8 Å². The van der Waals surface area contributed by atoms with Crippen LogP contribution in [0.25, 0.3) is 0 Å². The van der Waals surface area contributed by atoms with Crippen molar-refractivity contribution in [1.29, 1.82) is 0 Å². The number of halogens is 2. The highest BCUT2D eigenvalue weighted by Gasteiger charge is 2.33. The number of hydrogen-bond acceptors (Lipinski definition) is 7. The van der Waals surface area contributed by atoms with Gasteiger partial charge < -0.3 is 15.0 Å². The van der Waals surface area contributed by atoms with Crippen molar-refractivity contribution in [3.05, 3.63) is 92.0 Å². The molecule has 0 saturated heterocycles. The normalized spacial score (nSPS) is 12.0. The number of anilines is 1. The van der Waals surface area contributed by atoms with Crippen molar-refractivity contribution in [2.45, 2.75) is 51.2 Å². The van der Waals surface area contributed by atoms with Crippen molar-refractivity contribution in [2.24, 2.45) is 0 Å². The predicted octanol–water partition coefficient (Wildman–Crippen LogP) is 5.36. The standard InChI is InChI=1S/C29H32Cl2N4O7S/c1-18(2)32-29(37)20(4)33(16-21-7-13-25(30)26(31)14-21)28(36)17-34(22-8-10-23(42-5)11-9-22)43(40,41)24-12-6-19(3)27(15-24)35(38)39/h6-15,18,20H,16-17H2,1-5H3,(H,32,37). The quantitative estimate of drug-likeness (QED) is 0.206. The first-order valence-electron chi connectivity index (χ1n) is 13.1. The van der Waals surface area contributed by atoms with Gasteiger partial charge in [-0.05, 0) is 75.7 Å². The number of nitro groups is 1. The number of sulfonamides is 1. The Balaban J connectivity index is 2.11. The number of nitrogens with one attached hydrogen (secondary N) is 1. The third kappa shape index (κ3) is 8.15. The Morgan fingerprint density at radius 2 is 1.65 bits per heavy atom. The zero-order chi connectivity index (χ0) is 32.1. The van der Waals surface area contributed by atoms with Gasteiger partial charge in [-0.15, -0.1) is 0 Å². The fourth-order valence-electron chi connectivity index (χ4n) is 4.17. The second-order valence-corrected chi connectivity index (χ2v) is 12.7. The molecule has 0 aliphatic rings. The second kappa shape index (κ2) is 14.1. The summed E-state index contributed by atoms with van der Waals surface area (Å²) < 4.78 is 34.1. The van der Waals surface area contributed by atoms with Gasteiger partial charge in [0.05, 0.1) is 32.7 Å². The van der Waals surface area contributed by atoms with Gasteiger partial charge in [-0.2, -0.15) is 0 Å². The van der Waals surface area contributed by atoms with Crippen LogP contribution in [0.2, 0.25) is 10.0 Å². The lowest BCUT2D eigenvalue weighted by Crippen LogP contribution is -2.52. The van der Waals surface area contributed by atoms with Crippen LogP contribution in [-0.4, -0.2) is 55.8 Å². The number of ether oxygens (including phenoxy) is 1. The summed E-state index contributed by atoms with van der Waals surface area (Å²) in [6.45, 7) is 5.75. The first-order valence-corrected chi connectivity index (χ1v) is 15.3. The minimum atomic E-state index is -4.52. The Morgan fingerprint density at radius 1 is 1.00 bits per heavy atom. The molecule has 0 aromatic heterocycles. The number of nitro benzene ring substituents is 1. The highest BCUT2D eigenvalue weighted by Crippen LogP contribution is 2.30. The molecule has 0 fully saturated rings. The summed E-state index contributed by atoms with van der Waals surface area (Å²) >= 11 is 12.2. The van der Waals surface area contributed by atoms with Crippen LogP contribution in [0.1, 0.15) is 31.9 Å². The molecule has 1 N–H and O–H groups in total. The molecule has 14 heteroatoms. The summed E-state index contributed by atoms with van der Waals surface area (Å²) in [5.74, 6) is -0.714. The number of nitrogens with zero attached hydrogens (tertiary/aromatic N) is 3. The first kappa shape index (κ1) is 33.6. The van der Waals surface area contributed by atoms with E-state index in [2.05, 4.69) is 5.32 Å². The number of hydrogen-bond donors (Lipinski definition) is 1. The molecule has 0 radical (unpaired) electrons. The molecular formula is C29H32Cl2N4O7S. The van der Waals surface area contributed by atoms with Crippen LogP contribution in [-0.2, 0) is 26.2 Å². The number of carbonyl (C=O) groups excluding carboxylic acids is 2. The number of methoxy groups -OCH3 is 1. The predicted molar refractivity (Wildman–Crippen MR) is 165 cm³/mol. The minimum Gasteiger partial charge on any atom is -0.497 e. The Labute approximate surface area is 260 Å². The van der Waals surface area contributed by atoms with E-state index in [4.69, 9.17) is 27.9 Å². The lowest BCUT2D eigenvalue weighted by molar-refractivity contribution is -0.385. The van der Waals surface area contributed by atoms with Gasteiger partial charge >= 0.3 is 0 Å². The molecule has 3 rings (SSSR count). The SMILES string of the molecule is COc1ccc(N(CC(=O)N(Cc2ccc(Cl)c(Cl)c2)C(C)C(=O)NC(C)C)S(=O)(=O)c2ccc(C)c([N+](=O)[O-])c2)cc1. The van der Waals surface area contributed by atoms with Crippen LogP contribution in [0, 0.1) is 17.0 Å². The zero-order valence-corrected chi connectivity index (χ0v) is 26.5. The third-order valence-electron chi connectivity index (χ3n) is 6.54. The molecule has 0 heterocycles. The van der Waals surface area contributed by atoms with Gasteiger partial charge in [-0.3, -0.25) is 24.0 Å². The maximum Gasteiger partial charge on any atom is 0.273 e. The number of amides is 2. The summed E-state index contributed by atoms with van der Waals surface area (Å²) in [4.78, 5) is 38.8. The van der Waals surface area contributed by atoms with Crippen LogP contribution < -0.4 is 14.4 Å². The molecular weight excluding hydrogens is 619 g/mol. The van der Waals surface area contributed by atoms with Crippen molar-refractivity contribution in [3.8, 4) is 5.75 Å². The lowest BCUT2D eigenvalue weighted by atomic mass is 10.1. The van der Waals surface area contributed by atoms with Crippen LogP contribution >= 0.6 is 23.2 Å². The van der Waals surface area contributed by atoms with Crippen molar-refractivity contribution in [3.63, 3.8) is 0 Å². The molecule has 3 aromatic rings. The third-order valence-corrected chi connectivity index (χ3v) is 9.05. The molecule has 2 amide bonds. The lowest BCUT2D eigenvalue weighted by Gasteiger charge is -2.32. The Morgan fingerprint density at radius 3 is 2.21 bits per heavy atom. The van der Waals surface area contributed by atoms with Gasteiger partial charge in [0.25, 0.3) is 15.7 Å². The van der Waals surface area contributed by atoms with E-state index >= 15 is 0 Å². The van der Waals surface area contributed by atoms with Gasteiger partial charge in [0.15, 0.2) is 0 Å². The molecule has 0 bridgehead atoms. The summed E-state index contributed by atoms with van der Waals surface area (Å²) in [5.41, 5.74) is 0.544. The van der Waals surface area contributed by atoms with Crippen LogP contribution in [0.5, 0.6) is 5.75 Å². The number of benzene rings is 3. The largest absolute Gasteiger partial charge is 0.497 e. The van der Waals surface area contributed by atoms with E-state index in [0.717, 1.165) is 10.4 Å². The summed E-state index contributed by atoms with van der Waals surface area (Å²) in [6.07, 6.45) is 0. The maximum absolute atomic E-state index is 14.0. The Bertz CT molecular complexity index is 1620. The van der Waals surface area contributed by atoms with Gasteiger partial charge in [0.1, 0.15) is 18.3 Å². The molecule has 11 nitrogen and oxygen atoms in total. The fourth-order valence-corrected chi connectivity index (χ4v) is 5.93. The molecule has 230 valence electrons. The van der Waals surface area contributed by atoms with E-state index in [-0.39, 0.29) is 39.4 Å². The number of rotatable bonds is 12. The van der Waals surface area contributed by atoms with E-state index in [9.17, 15) is 28.1 Å². The average molecular weight is 652 g/mol. The van der Waals surface area contributed by atoms with Crippen LogP contribution in [0.3, 0.4) is 0 Å². The highest BCUT2D eigenvalue weighted by molar-refractivity contribution is 7.92. The first-order chi connectivity index (χ1) is 20.1. The van der Waals surface area contributed by atoms with Crippen molar-refractivity contribution >= 4 is 56.4 Å². The van der Waals surface area contributed by atoms with E-state index in [1.165, 1.54) is 62.3 Å². The van der Waals surface area contributed by atoms with Crippen LogP contribution in [0.15, 0.2) is 65.6 Å². The summed E-state index contributed by atoms with van der Waals surface area (Å²) in [5, 5.41) is 14.9. The zero-order valence-electron chi connectivity index (χ0n) is 24.2. The maximum atomic E-state index is 14.0. The molecule has 0 aliphatic carbocycles. The fraction of sp³-hybridized carbons (Fsp3) is 0.310. The van der Waals surface area contributed by atoms with Crippen molar-refractivity contribution in [2.75, 3.05) is 18.0 Å². The Kier molecular flexibility index (Phi) is 11.0. The number of carbonyl (C=O) groups is 2. The topological polar surface area (TPSA) is 139 Å². The number of aryl methyl sites for hydroxylation is 1. The van der Waals surface area contributed by atoms with Gasteiger partial charge in [-0.25, -0.2) is 8.42 Å². The highest BCUT2D eigenvalue weighted by atomic mass is 35.5. The molecule has 1 unspecified atom stereocenters.